The Labute approximate surface area is 94.1 Å². The van der Waals surface area contributed by atoms with Crippen molar-refractivity contribution in [3.63, 3.8) is 0 Å². The Morgan fingerprint density at radius 2 is 2.44 bits per heavy atom. The largest absolute Gasteiger partial charge is 0.461 e. The number of hydrogen-bond acceptors (Lipinski definition) is 4. The minimum atomic E-state index is -0.350. The van der Waals surface area contributed by atoms with E-state index in [-0.39, 0.29) is 5.97 Å². The van der Waals surface area contributed by atoms with Crippen molar-refractivity contribution in [2.75, 3.05) is 6.61 Å². The lowest BCUT2D eigenvalue weighted by Gasteiger charge is -2.02. The first-order chi connectivity index (χ1) is 7.75. The van der Waals surface area contributed by atoms with Gasteiger partial charge in [-0.05, 0) is 37.7 Å². The van der Waals surface area contributed by atoms with Gasteiger partial charge in [0.2, 0.25) is 0 Å². The van der Waals surface area contributed by atoms with Crippen molar-refractivity contribution in [1.29, 1.82) is 0 Å². The van der Waals surface area contributed by atoms with Gasteiger partial charge >= 0.3 is 5.97 Å². The molecule has 1 unspecified atom stereocenters. The molecule has 0 aliphatic heterocycles. The highest BCUT2D eigenvalue weighted by Gasteiger charge is 2.64. The van der Waals surface area contributed by atoms with Crippen LogP contribution in [0.3, 0.4) is 0 Å². The second-order valence-corrected chi connectivity index (χ2v) is 4.64. The zero-order chi connectivity index (χ0) is 11.2. The normalized spacial score (nSPS) is 24.2. The minimum Gasteiger partial charge on any atom is -0.461 e. The highest BCUT2D eigenvalue weighted by molar-refractivity contribution is 5.87. The second-order valence-electron chi connectivity index (χ2n) is 4.64. The van der Waals surface area contributed by atoms with E-state index in [0.29, 0.717) is 23.6 Å². The molecular formula is C12H14N2O2. The van der Waals surface area contributed by atoms with Gasteiger partial charge in [0.05, 0.1) is 6.61 Å². The fraction of sp³-hybridized carbons (Fsp3) is 0.583. The van der Waals surface area contributed by atoms with Gasteiger partial charge in [0.15, 0.2) is 5.69 Å². The molecule has 0 saturated heterocycles. The standard InChI is InChI=1S/C12H14N2O2/c1-2-16-11(15)9-3-6-13-10(14-9)8-7-12(8)4-5-12/h3,6,8H,2,4-5,7H2,1H3. The molecule has 4 heteroatoms. The second kappa shape index (κ2) is 3.27. The van der Waals surface area contributed by atoms with Crippen LogP contribution in [-0.2, 0) is 4.74 Å². The highest BCUT2D eigenvalue weighted by atomic mass is 16.5. The summed E-state index contributed by atoms with van der Waals surface area (Å²) in [6, 6.07) is 1.61. The van der Waals surface area contributed by atoms with Gasteiger partial charge in [-0.15, -0.1) is 0 Å². The zero-order valence-electron chi connectivity index (χ0n) is 9.27. The fourth-order valence-electron chi connectivity index (χ4n) is 2.29. The van der Waals surface area contributed by atoms with Crippen LogP contribution in [0, 0.1) is 5.41 Å². The third-order valence-electron chi connectivity index (χ3n) is 3.55. The van der Waals surface area contributed by atoms with Crippen molar-refractivity contribution in [2.45, 2.75) is 32.1 Å². The van der Waals surface area contributed by atoms with Gasteiger partial charge in [-0.25, -0.2) is 14.8 Å². The molecule has 1 atom stereocenters. The third kappa shape index (κ3) is 1.49. The number of nitrogens with zero attached hydrogens (tertiary/aromatic N) is 2. The van der Waals surface area contributed by atoms with E-state index in [1.165, 1.54) is 19.3 Å². The predicted octanol–water partition coefficient (Wildman–Crippen LogP) is 1.92. The zero-order valence-corrected chi connectivity index (χ0v) is 9.27. The van der Waals surface area contributed by atoms with Gasteiger partial charge in [-0.1, -0.05) is 0 Å². The molecule has 84 valence electrons. The Morgan fingerprint density at radius 1 is 1.62 bits per heavy atom. The van der Waals surface area contributed by atoms with Gasteiger partial charge < -0.3 is 4.74 Å². The Hall–Kier alpha value is -1.45. The molecule has 2 aliphatic rings. The van der Waals surface area contributed by atoms with Crippen molar-refractivity contribution in [1.82, 2.24) is 9.97 Å². The van der Waals surface area contributed by atoms with Gasteiger partial charge in [-0.3, -0.25) is 0 Å². The van der Waals surface area contributed by atoms with Crippen molar-refractivity contribution in [3.8, 4) is 0 Å². The molecule has 2 saturated carbocycles. The van der Waals surface area contributed by atoms with E-state index in [0.717, 1.165) is 5.82 Å². The van der Waals surface area contributed by atoms with Crippen LogP contribution in [0.2, 0.25) is 0 Å². The number of rotatable bonds is 3. The first-order valence-electron chi connectivity index (χ1n) is 5.75. The Bertz CT molecular complexity index is 440. The van der Waals surface area contributed by atoms with E-state index in [1.807, 2.05) is 0 Å². The third-order valence-corrected chi connectivity index (χ3v) is 3.55. The molecule has 0 radical (unpaired) electrons. The molecule has 16 heavy (non-hydrogen) atoms. The smallest absolute Gasteiger partial charge is 0.357 e. The maximum absolute atomic E-state index is 11.5. The maximum atomic E-state index is 11.5. The quantitative estimate of drug-likeness (QED) is 0.727. The molecule has 0 N–H and O–H groups in total. The van der Waals surface area contributed by atoms with Crippen LogP contribution in [0.15, 0.2) is 12.3 Å². The van der Waals surface area contributed by atoms with Gasteiger partial charge in [-0.2, -0.15) is 0 Å². The maximum Gasteiger partial charge on any atom is 0.357 e. The number of aromatic nitrogens is 2. The Kier molecular flexibility index (Phi) is 1.99. The van der Waals surface area contributed by atoms with Crippen LogP contribution >= 0.6 is 0 Å². The number of hydrogen-bond donors (Lipinski definition) is 0. The first-order valence-corrected chi connectivity index (χ1v) is 5.75. The highest BCUT2D eigenvalue weighted by Crippen LogP contribution is 2.74. The number of esters is 1. The van der Waals surface area contributed by atoms with E-state index in [1.54, 1.807) is 19.2 Å². The average molecular weight is 218 g/mol. The number of ether oxygens (including phenoxy) is 1. The molecule has 1 aromatic heterocycles. The monoisotopic (exact) mass is 218 g/mol. The molecule has 1 spiro atoms. The number of carbonyl (C=O) groups is 1. The average Bonchev–Trinajstić information content (AvgIpc) is 3.21. The summed E-state index contributed by atoms with van der Waals surface area (Å²) in [4.78, 5) is 20.1. The summed E-state index contributed by atoms with van der Waals surface area (Å²) in [5.74, 6) is 0.960. The molecule has 2 aliphatic carbocycles. The van der Waals surface area contributed by atoms with Crippen LogP contribution in [0.25, 0.3) is 0 Å². The summed E-state index contributed by atoms with van der Waals surface area (Å²) in [5.41, 5.74) is 0.905. The Balaban J connectivity index is 1.80. The lowest BCUT2D eigenvalue weighted by atomic mass is 10.2. The molecule has 2 fully saturated rings. The lowest BCUT2D eigenvalue weighted by Crippen LogP contribution is -2.09. The number of carbonyl (C=O) groups excluding carboxylic acids is 1. The van der Waals surface area contributed by atoms with E-state index in [4.69, 9.17) is 4.74 Å². The summed E-state index contributed by atoms with van der Waals surface area (Å²) in [6.07, 6.45) is 5.44. The summed E-state index contributed by atoms with van der Waals surface area (Å²) in [5, 5.41) is 0. The molecular weight excluding hydrogens is 204 g/mol. The van der Waals surface area contributed by atoms with Crippen LogP contribution in [-0.4, -0.2) is 22.5 Å². The molecule has 0 amide bonds. The molecule has 1 heterocycles. The van der Waals surface area contributed by atoms with Crippen molar-refractivity contribution in [3.05, 3.63) is 23.8 Å². The summed E-state index contributed by atoms with van der Waals surface area (Å²) in [7, 11) is 0. The van der Waals surface area contributed by atoms with Crippen LogP contribution in [0.5, 0.6) is 0 Å². The fourth-order valence-corrected chi connectivity index (χ4v) is 2.29. The van der Waals surface area contributed by atoms with Crippen LogP contribution in [0.4, 0.5) is 0 Å². The summed E-state index contributed by atoms with van der Waals surface area (Å²) < 4.78 is 4.92. The predicted molar refractivity (Wildman–Crippen MR) is 57.0 cm³/mol. The van der Waals surface area contributed by atoms with E-state index < -0.39 is 0 Å². The van der Waals surface area contributed by atoms with Crippen molar-refractivity contribution >= 4 is 5.97 Å². The van der Waals surface area contributed by atoms with Gasteiger partial charge in [0.25, 0.3) is 0 Å². The van der Waals surface area contributed by atoms with Gasteiger partial charge in [0.1, 0.15) is 5.82 Å². The van der Waals surface area contributed by atoms with E-state index in [9.17, 15) is 4.79 Å². The topological polar surface area (TPSA) is 52.1 Å². The summed E-state index contributed by atoms with van der Waals surface area (Å²) in [6.45, 7) is 2.17. The van der Waals surface area contributed by atoms with E-state index in [2.05, 4.69) is 9.97 Å². The molecule has 0 bridgehead atoms. The minimum absolute atomic E-state index is 0.350. The molecule has 1 aromatic rings. The molecule has 0 aromatic carbocycles. The van der Waals surface area contributed by atoms with Crippen LogP contribution < -0.4 is 0 Å². The van der Waals surface area contributed by atoms with Crippen molar-refractivity contribution < 1.29 is 9.53 Å². The molecule has 4 nitrogen and oxygen atoms in total. The first kappa shape index (κ1) is 9.75. The summed E-state index contributed by atoms with van der Waals surface area (Å²) >= 11 is 0. The lowest BCUT2D eigenvalue weighted by molar-refractivity contribution is 0.0519. The van der Waals surface area contributed by atoms with Crippen LogP contribution in [0.1, 0.15) is 48.4 Å². The van der Waals surface area contributed by atoms with E-state index >= 15 is 0 Å². The van der Waals surface area contributed by atoms with Crippen molar-refractivity contribution in [2.24, 2.45) is 5.41 Å². The van der Waals surface area contributed by atoms with Gasteiger partial charge in [0, 0.05) is 12.1 Å². The SMILES string of the molecule is CCOC(=O)c1ccnc(C2CC23CC3)n1. The molecule has 3 rings (SSSR count). The Morgan fingerprint density at radius 3 is 3.06 bits per heavy atom.